The maximum atomic E-state index is 12.3. The monoisotopic (exact) mass is 359 g/mol. The number of benzene rings is 1. The Morgan fingerprint density at radius 3 is 2.56 bits per heavy atom. The summed E-state index contributed by atoms with van der Waals surface area (Å²) >= 11 is 1.62. The third-order valence-electron chi connectivity index (χ3n) is 4.50. The summed E-state index contributed by atoms with van der Waals surface area (Å²) < 4.78 is 11.0. The van der Waals surface area contributed by atoms with Gasteiger partial charge in [0.25, 0.3) is 0 Å². The predicted octanol–water partition coefficient (Wildman–Crippen LogP) is 5.13. The van der Waals surface area contributed by atoms with Gasteiger partial charge in [-0.25, -0.2) is 4.79 Å². The lowest BCUT2D eigenvalue weighted by Crippen LogP contribution is -2.36. The van der Waals surface area contributed by atoms with E-state index in [1.807, 2.05) is 35.7 Å². The van der Waals surface area contributed by atoms with Crippen molar-refractivity contribution >= 4 is 17.5 Å². The first-order chi connectivity index (χ1) is 12.2. The molecule has 1 aliphatic heterocycles. The van der Waals surface area contributed by atoms with E-state index < -0.39 is 6.16 Å². The van der Waals surface area contributed by atoms with Gasteiger partial charge >= 0.3 is 6.16 Å². The molecule has 0 radical (unpaired) electrons. The van der Waals surface area contributed by atoms with Crippen LogP contribution in [0.25, 0.3) is 0 Å². The molecule has 2 aromatic rings. The standard InChI is InChI=1S/C20H25NO3S/c1-16(15-21-12-6-3-7-13-21)19(18-11-8-14-25-18)24-20(22)23-17-9-4-2-5-10-17/h2,4-5,8-11,14,16,19H,3,6-7,12-13,15H2,1H3. The number of thiophene rings is 1. The van der Waals surface area contributed by atoms with Crippen LogP contribution in [0.2, 0.25) is 0 Å². The molecular formula is C20H25NO3S. The Bertz CT molecular complexity index is 638. The first kappa shape index (κ1) is 18.0. The summed E-state index contributed by atoms with van der Waals surface area (Å²) in [4.78, 5) is 15.8. The van der Waals surface area contributed by atoms with Crippen LogP contribution in [-0.4, -0.2) is 30.7 Å². The molecule has 2 unspecified atom stereocenters. The quantitative estimate of drug-likeness (QED) is 0.530. The van der Waals surface area contributed by atoms with Crippen LogP contribution in [0, 0.1) is 5.92 Å². The van der Waals surface area contributed by atoms with E-state index in [-0.39, 0.29) is 12.0 Å². The van der Waals surface area contributed by atoms with Gasteiger partial charge < -0.3 is 14.4 Å². The largest absolute Gasteiger partial charge is 0.514 e. The molecule has 1 aromatic heterocycles. The van der Waals surface area contributed by atoms with Crippen molar-refractivity contribution in [1.82, 2.24) is 4.90 Å². The van der Waals surface area contributed by atoms with E-state index in [1.165, 1.54) is 19.3 Å². The number of hydrogen-bond donors (Lipinski definition) is 0. The molecule has 1 saturated heterocycles. The molecule has 2 atom stereocenters. The fourth-order valence-electron chi connectivity index (χ4n) is 3.27. The second kappa shape index (κ2) is 9.02. The molecule has 1 fully saturated rings. The molecule has 0 saturated carbocycles. The van der Waals surface area contributed by atoms with E-state index in [2.05, 4.69) is 11.8 Å². The van der Waals surface area contributed by atoms with Crippen molar-refractivity contribution < 1.29 is 14.3 Å². The lowest BCUT2D eigenvalue weighted by molar-refractivity contribution is 0.0234. The number of ether oxygens (including phenoxy) is 2. The van der Waals surface area contributed by atoms with Crippen molar-refractivity contribution in [2.75, 3.05) is 19.6 Å². The fraction of sp³-hybridized carbons (Fsp3) is 0.450. The molecule has 25 heavy (non-hydrogen) atoms. The third kappa shape index (κ3) is 5.31. The number of para-hydroxylation sites is 1. The minimum absolute atomic E-state index is 0.208. The normalized spacial score (nSPS) is 17.6. The van der Waals surface area contributed by atoms with Gasteiger partial charge in [-0.15, -0.1) is 11.3 Å². The Balaban J connectivity index is 1.63. The van der Waals surface area contributed by atoms with Gasteiger partial charge in [-0.1, -0.05) is 37.6 Å². The van der Waals surface area contributed by atoms with Crippen LogP contribution in [-0.2, 0) is 4.74 Å². The first-order valence-corrected chi connectivity index (χ1v) is 9.79. The second-order valence-electron chi connectivity index (χ2n) is 6.56. The highest BCUT2D eigenvalue weighted by Crippen LogP contribution is 2.31. The van der Waals surface area contributed by atoms with Crippen molar-refractivity contribution in [2.24, 2.45) is 5.92 Å². The number of nitrogens with zero attached hydrogens (tertiary/aromatic N) is 1. The van der Waals surface area contributed by atoms with Crippen LogP contribution in [0.5, 0.6) is 5.75 Å². The van der Waals surface area contributed by atoms with Crippen molar-refractivity contribution in [1.29, 1.82) is 0 Å². The Morgan fingerprint density at radius 1 is 1.12 bits per heavy atom. The lowest BCUT2D eigenvalue weighted by Gasteiger charge is -2.31. The van der Waals surface area contributed by atoms with Gasteiger partial charge in [0.15, 0.2) is 0 Å². The zero-order chi connectivity index (χ0) is 17.5. The average molecular weight is 359 g/mol. The number of piperidine rings is 1. The minimum Gasteiger partial charge on any atom is -0.425 e. The molecule has 5 heteroatoms. The highest BCUT2D eigenvalue weighted by molar-refractivity contribution is 7.10. The maximum absolute atomic E-state index is 12.3. The van der Waals surface area contributed by atoms with Gasteiger partial charge in [-0.2, -0.15) is 0 Å². The molecule has 134 valence electrons. The van der Waals surface area contributed by atoms with Gasteiger partial charge in [-0.3, -0.25) is 0 Å². The van der Waals surface area contributed by atoms with Crippen molar-refractivity contribution in [3.63, 3.8) is 0 Å². The molecule has 0 aliphatic carbocycles. The summed E-state index contributed by atoms with van der Waals surface area (Å²) in [5.74, 6) is 0.709. The highest BCUT2D eigenvalue weighted by Gasteiger charge is 2.27. The fourth-order valence-corrected chi connectivity index (χ4v) is 4.15. The molecule has 0 spiro atoms. The summed E-state index contributed by atoms with van der Waals surface area (Å²) in [7, 11) is 0. The minimum atomic E-state index is -0.643. The summed E-state index contributed by atoms with van der Waals surface area (Å²) in [6.07, 6.45) is 2.91. The summed E-state index contributed by atoms with van der Waals surface area (Å²) in [6, 6.07) is 13.1. The predicted molar refractivity (Wildman–Crippen MR) is 100 cm³/mol. The topological polar surface area (TPSA) is 38.8 Å². The van der Waals surface area contributed by atoms with E-state index >= 15 is 0 Å². The highest BCUT2D eigenvalue weighted by atomic mass is 32.1. The number of carbonyl (C=O) groups is 1. The molecule has 1 aliphatic rings. The van der Waals surface area contributed by atoms with Crippen LogP contribution >= 0.6 is 11.3 Å². The molecule has 4 nitrogen and oxygen atoms in total. The van der Waals surface area contributed by atoms with Gasteiger partial charge in [0, 0.05) is 17.3 Å². The summed E-state index contributed by atoms with van der Waals surface area (Å²) in [5.41, 5.74) is 0. The van der Waals surface area contributed by atoms with Crippen LogP contribution in [0.15, 0.2) is 47.8 Å². The smallest absolute Gasteiger partial charge is 0.425 e. The van der Waals surface area contributed by atoms with Gasteiger partial charge in [0.1, 0.15) is 11.9 Å². The number of rotatable bonds is 6. The molecule has 0 N–H and O–H groups in total. The van der Waals surface area contributed by atoms with Crippen molar-refractivity contribution in [3.05, 3.63) is 52.7 Å². The number of likely N-dealkylation sites (tertiary alicyclic amines) is 1. The van der Waals surface area contributed by atoms with Gasteiger partial charge in [0.05, 0.1) is 0 Å². The molecule has 3 rings (SSSR count). The average Bonchev–Trinajstić information content (AvgIpc) is 3.15. The summed E-state index contributed by atoms with van der Waals surface area (Å²) in [6.45, 7) is 5.35. The van der Waals surface area contributed by atoms with Crippen LogP contribution < -0.4 is 4.74 Å². The lowest BCUT2D eigenvalue weighted by atomic mass is 10.0. The zero-order valence-corrected chi connectivity index (χ0v) is 15.4. The van der Waals surface area contributed by atoms with Crippen molar-refractivity contribution in [2.45, 2.75) is 32.3 Å². The van der Waals surface area contributed by atoms with E-state index in [0.717, 1.165) is 24.5 Å². The summed E-state index contributed by atoms with van der Waals surface area (Å²) in [5, 5.41) is 2.02. The Labute approximate surface area is 153 Å². The Hall–Kier alpha value is -1.85. The Morgan fingerprint density at radius 2 is 1.88 bits per heavy atom. The third-order valence-corrected chi connectivity index (χ3v) is 5.44. The molecule has 2 heterocycles. The zero-order valence-electron chi connectivity index (χ0n) is 14.6. The second-order valence-corrected chi connectivity index (χ2v) is 7.54. The van der Waals surface area contributed by atoms with Gasteiger partial charge in [0.2, 0.25) is 0 Å². The van der Waals surface area contributed by atoms with Crippen LogP contribution in [0.4, 0.5) is 4.79 Å². The first-order valence-electron chi connectivity index (χ1n) is 8.91. The molecule has 0 bridgehead atoms. The number of hydrogen-bond acceptors (Lipinski definition) is 5. The SMILES string of the molecule is CC(CN1CCCCC1)C(OC(=O)Oc1ccccc1)c1cccs1. The van der Waals surface area contributed by atoms with Crippen LogP contribution in [0.1, 0.15) is 37.2 Å². The maximum Gasteiger partial charge on any atom is 0.514 e. The number of carbonyl (C=O) groups excluding carboxylic acids is 1. The Kier molecular flexibility index (Phi) is 6.48. The van der Waals surface area contributed by atoms with Crippen LogP contribution in [0.3, 0.4) is 0 Å². The van der Waals surface area contributed by atoms with Crippen molar-refractivity contribution in [3.8, 4) is 5.75 Å². The van der Waals surface area contributed by atoms with Gasteiger partial charge in [-0.05, 0) is 49.5 Å². The molecular weight excluding hydrogens is 334 g/mol. The molecule has 1 aromatic carbocycles. The molecule has 0 amide bonds. The van der Waals surface area contributed by atoms with E-state index in [4.69, 9.17) is 9.47 Å². The van der Waals surface area contributed by atoms with E-state index in [1.54, 1.807) is 23.5 Å². The van der Waals surface area contributed by atoms with E-state index in [0.29, 0.717) is 5.75 Å². The van der Waals surface area contributed by atoms with E-state index in [9.17, 15) is 4.79 Å².